The Morgan fingerprint density at radius 1 is 1.00 bits per heavy atom. The molecular weight excluding hydrogens is 741 g/mol. The normalized spacial score (nSPS) is 20.5. The first-order chi connectivity index (χ1) is 24.9. The number of β-amino-alcohol motifs (C(OH)–C–C–N with tert-alkyl or cyclic N) is 1. The topological polar surface area (TPSA) is 129 Å². The molecule has 288 valence electrons. The average molecular weight is 783 g/mol. The number of benzene rings is 3. The van der Waals surface area contributed by atoms with E-state index >= 15 is 4.79 Å². The van der Waals surface area contributed by atoms with Crippen LogP contribution in [0.1, 0.15) is 37.0 Å². The molecule has 0 radical (unpaired) electrons. The van der Waals surface area contributed by atoms with Crippen molar-refractivity contribution in [2.24, 2.45) is 0 Å². The maximum Gasteiger partial charge on any atom is 0.573 e. The molecule has 2 heterocycles. The molecule has 2 aliphatic rings. The third kappa shape index (κ3) is 7.39. The molecule has 2 aliphatic heterocycles. The van der Waals surface area contributed by atoms with Crippen molar-refractivity contribution in [1.29, 1.82) is 0 Å². The monoisotopic (exact) mass is 782 g/mol. The van der Waals surface area contributed by atoms with Crippen molar-refractivity contribution in [3.05, 3.63) is 76.3 Å². The third-order valence-corrected chi connectivity index (χ3v) is 11.6. The molecule has 0 aromatic heterocycles. The maximum absolute atomic E-state index is 15.6. The SMILES string of the molecule is CCN(CC)CCc1ccc(OC)c(C2(N3C[C@H](O)C[C@H]3C(=O)N(C)C)C(=O)N(S(=O)(=O)c3ccc(OC)cc3OC(F)(F)F)c3ccc(Cl)cc32)c1. The minimum absolute atomic E-state index is 0.00947. The van der Waals surface area contributed by atoms with Crippen LogP contribution in [0.15, 0.2) is 59.5 Å². The molecule has 2 amide bonds. The van der Waals surface area contributed by atoms with Gasteiger partial charge in [-0.15, -0.1) is 13.2 Å². The molecular formula is C36H42ClF3N4O8S. The Balaban J connectivity index is 1.86. The molecule has 1 saturated heterocycles. The number of hydrogen-bond acceptors (Lipinski definition) is 10. The lowest BCUT2D eigenvalue weighted by atomic mass is 9.80. The third-order valence-electron chi connectivity index (χ3n) is 9.66. The van der Waals surface area contributed by atoms with Gasteiger partial charge < -0.3 is 29.1 Å². The lowest BCUT2D eigenvalue weighted by molar-refractivity contribution is -0.275. The Kier molecular flexibility index (Phi) is 11.6. The Bertz CT molecular complexity index is 1980. The second kappa shape index (κ2) is 15.3. The summed E-state index contributed by atoms with van der Waals surface area (Å²) in [6.07, 6.45) is -6.04. The quantitative estimate of drug-likeness (QED) is 0.262. The van der Waals surface area contributed by atoms with Crippen LogP contribution in [0.2, 0.25) is 5.02 Å². The van der Waals surface area contributed by atoms with E-state index in [9.17, 15) is 31.5 Å². The van der Waals surface area contributed by atoms with Gasteiger partial charge in [0.25, 0.3) is 15.9 Å². The van der Waals surface area contributed by atoms with Crippen molar-refractivity contribution in [1.82, 2.24) is 14.7 Å². The summed E-state index contributed by atoms with van der Waals surface area (Å²) in [6.45, 7) is 6.00. The van der Waals surface area contributed by atoms with Crippen LogP contribution in [-0.2, 0) is 31.6 Å². The first-order valence-electron chi connectivity index (χ1n) is 16.8. The van der Waals surface area contributed by atoms with E-state index in [2.05, 4.69) is 9.64 Å². The number of likely N-dealkylation sites (N-methyl/N-ethyl adjacent to an activating group) is 2. The number of aliphatic hydroxyl groups is 1. The van der Waals surface area contributed by atoms with Crippen molar-refractivity contribution >= 4 is 39.1 Å². The second-order valence-electron chi connectivity index (χ2n) is 12.9. The fourth-order valence-corrected chi connectivity index (χ4v) is 8.88. The van der Waals surface area contributed by atoms with Gasteiger partial charge in [-0.25, -0.2) is 12.7 Å². The number of nitrogens with zero attached hydrogens (tertiary/aromatic N) is 4. The van der Waals surface area contributed by atoms with Gasteiger partial charge in [0.05, 0.1) is 32.1 Å². The zero-order chi connectivity index (χ0) is 39.0. The number of fused-ring (bicyclic) bond motifs is 1. The number of hydrogen-bond donors (Lipinski definition) is 1. The highest BCUT2D eigenvalue weighted by Gasteiger charge is 2.64. The summed E-state index contributed by atoms with van der Waals surface area (Å²) < 4.78 is 86.1. The first kappa shape index (κ1) is 40.1. The molecule has 17 heteroatoms. The number of alkyl halides is 3. The Morgan fingerprint density at radius 3 is 2.30 bits per heavy atom. The predicted octanol–water partition coefficient (Wildman–Crippen LogP) is 4.64. The second-order valence-corrected chi connectivity index (χ2v) is 15.1. The first-order valence-corrected chi connectivity index (χ1v) is 18.7. The van der Waals surface area contributed by atoms with E-state index in [4.69, 9.17) is 21.1 Å². The van der Waals surface area contributed by atoms with Gasteiger partial charge >= 0.3 is 6.36 Å². The van der Waals surface area contributed by atoms with Gasteiger partial charge in [0.15, 0.2) is 11.3 Å². The van der Waals surface area contributed by atoms with Crippen LogP contribution in [-0.4, -0.2) is 113 Å². The standard InChI is InChI=1S/C36H42ClF3N4O8S/c1-7-42(8-2)16-15-22-9-13-30(51-6)27(17-22)35(43-21-24(45)19-29(43)33(46)41(3)4)26-18-23(37)10-12-28(26)44(34(35)47)53(48,49)32-14-11-25(50-5)20-31(32)52-36(38,39)40/h9-14,17-18,20,24,29,45H,7-8,15-16,19,21H2,1-6H3/t24-,29+,35?/m1/s1. The van der Waals surface area contributed by atoms with Crippen LogP contribution in [0.4, 0.5) is 18.9 Å². The molecule has 12 nitrogen and oxygen atoms in total. The summed E-state index contributed by atoms with van der Waals surface area (Å²) in [7, 11) is 0.321. The number of anilines is 1. The number of rotatable bonds is 13. The van der Waals surface area contributed by atoms with Gasteiger partial charge in [0.2, 0.25) is 5.91 Å². The maximum atomic E-state index is 15.6. The van der Waals surface area contributed by atoms with Gasteiger partial charge in [-0.3, -0.25) is 14.5 Å². The number of likely N-dealkylation sites (tertiary alicyclic amines) is 1. The number of aliphatic hydroxyl groups excluding tert-OH is 1. The molecule has 3 aromatic rings. The highest BCUT2D eigenvalue weighted by Crippen LogP contribution is 2.55. The zero-order valence-electron chi connectivity index (χ0n) is 30.1. The largest absolute Gasteiger partial charge is 0.573 e. The molecule has 0 bridgehead atoms. The molecule has 3 aromatic carbocycles. The Morgan fingerprint density at radius 2 is 1.70 bits per heavy atom. The lowest BCUT2D eigenvalue weighted by Crippen LogP contribution is -2.59. The molecule has 0 spiro atoms. The Hall–Kier alpha value is -4.09. The number of amides is 2. The minimum Gasteiger partial charge on any atom is -0.497 e. The van der Waals surface area contributed by atoms with Crippen LogP contribution in [0.5, 0.6) is 17.2 Å². The molecule has 53 heavy (non-hydrogen) atoms. The van der Waals surface area contributed by atoms with Crippen LogP contribution in [0.3, 0.4) is 0 Å². The summed E-state index contributed by atoms with van der Waals surface area (Å²) in [4.78, 5) is 33.4. The van der Waals surface area contributed by atoms with Crippen molar-refractivity contribution in [3.63, 3.8) is 0 Å². The Labute approximate surface area is 311 Å². The van der Waals surface area contributed by atoms with E-state index in [0.717, 1.165) is 36.9 Å². The smallest absolute Gasteiger partial charge is 0.497 e. The summed E-state index contributed by atoms with van der Waals surface area (Å²) >= 11 is 6.58. The lowest BCUT2D eigenvalue weighted by Gasteiger charge is -2.42. The van der Waals surface area contributed by atoms with Gasteiger partial charge in [-0.1, -0.05) is 31.5 Å². The minimum atomic E-state index is -5.31. The predicted molar refractivity (Wildman–Crippen MR) is 191 cm³/mol. The summed E-state index contributed by atoms with van der Waals surface area (Å²) in [5.74, 6) is -2.76. The van der Waals surface area contributed by atoms with E-state index in [1.807, 2.05) is 19.9 Å². The number of ether oxygens (including phenoxy) is 3. The van der Waals surface area contributed by atoms with Crippen molar-refractivity contribution in [3.8, 4) is 17.2 Å². The molecule has 3 atom stereocenters. The van der Waals surface area contributed by atoms with Crippen LogP contribution >= 0.6 is 11.6 Å². The number of methoxy groups -OCH3 is 2. The molecule has 5 rings (SSSR count). The summed E-state index contributed by atoms with van der Waals surface area (Å²) in [5.41, 5.74) is -1.54. The summed E-state index contributed by atoms with van der Waals surface area (Å²) in [6, 6.07) is 10.7. The molecule has 0 aliphatic carbocycles. The van der Waals surface area contributed by atoms with E-state index in [0.29, 0.717) is 17.3 Å². The van der Waals surface area contributed by atoms with Crippen molar-refractivity contribution < 1.29 is 50.5 Å². The molecule has 0 saturated carbocycles. The highest BCUT2D eigenvalue weighted by molar-refractivity contribution is 7.93. The van der Waals surface area contributed by atoms with Crippen molar-refractivity contribution in [2.75, 3.05) is 58.8 Å². The van der Waals surface area contributed by atoms with E-state index in [1.165, 1.54) is 56.3 Å². The van der Waals surface area contributed by atoms with Crippen molar-refractivity contribution in [2.45, 2.75) is 55.6 Å². The van der Waals surface area contributed by atoms with Gasteiger partial charge in [-0.2, -0.15) is 0 Å². The van der Waals surface area contributed by atoms with E-state index in [-0.39, 0.29) is 46.3 Å². The average Bonchev–Trinajstić information content (AvgIpc) is 3.61. The fraction of sp³-hybridized carbons (Fsp3) is 0.444. The number of carbonyl (C=O) groups excluding carboxylic acids is 2. The fourth-order valence-electron chi connectivity index (χ4n) is 7.15. The highest BCUT2D eigenvalue weighted by atomic mass is 35.5. The van der Waals surface area contributed by atoms with E-state index < -0.39 is 56.5 Å². The van der Waals surface area contributed by atoms with Crippen LogP contribution in [0.25, 0.3) is 0 Å². The zero-order valence-corrected chi connectivity index (χ0v) is 31.7. The van der Waals surface area contributed by atoms with Crippen LogP contribution in [0, 0.1) is 0 Å². The summed E-state index contributed by atoms with van der Waals surface area (Å²) in [5, 5.41) is 11.2. The van der Waals surface area contributed by atoms with Crippen LogP contribution < -0.4 is 18.5 Å². The number of halogens is 4. The van der Waals surface area contributed by atoms with E-state index in [1.54, 1.807) is 12.1 Å². The van der Waals surface area contributed by atoms with Gasteiger partial charge in [-0.05, 0) is 74.0 Å². The van der Waals surface area contributed by atoms with Gasteiger partial charge in [0, 0.05) is 49.4 Å². The molecule has 1 N–H and O–H groups in total. The van der Waals surface area contributed by atoms with Gasteiger partial charge in [0.1, 0.15) is 16.4 Å². The molecule has 1 unspecified atom stereocenters. The molecule has 1 fully saturated rings. The number of carbonyl (C=O) groups is 2. The number of sulfonamides is 1.